The van der Waals surface area contributed by atoms with Gasteiger partial charge in [-0.2, -0.15) is 8.61 Å². The van der Waals surface area contributed by atoms with Gasteiger partial charge in [0.2, 0.25) is 26.0 Å². The van der Waals surface area contributed by atoms with E-state index >= 15 is 0 Å². The second-order valence-electron chi connectivity index (χ2n) is 9.20. The molecular formula is C24H32N4O5S2. The molecule has 0 bridgehead atoms. The van der Waals surface area contributed by atoms with E-state index in [1.165, 1.54) is 14.9 Å². The number of carbonyl (C=O) groups excluding carboxylic acids is 1. The molecule has 2 fully saturated rings. The standard InChI is InChI=1S/C24H32N4O5S2/c1-34(30,31)27-12-10-26(11-13-27)24(29)22-15-21(20-7-3-2-4-8-20)17-28(18-22)35(32,33)23-9-5-6-19(14-23)16-25/h2-9,14,21-22H,10-13,15-18,25H2,1H3/t21-,22-/m1/s1. The third-order valence-corrected chi connectivity index (χ3v) is 9.96. The average Bonchev–Trinajstić information content (AvgIpc) is 2.88. The Morgan fingerprint density at radius 3 is 2.23 bits per heavy atom. The number of piperazine rings is 1. The third kappa shape index (κ3) is 5.75. The van der Waals surface area contributed by atoms with Crippen LogP contribution in [0.4, 0.5) is 0 Å². The number of benzene rings is 2. The van der Waals surface area contributed by atoms with Crippen LogP contribution in [0.2, 0.25) is 0 Å². The SMILES string of the molecule is CS(=O)(=O)N1CCN(C(=O)[C@@H]2C[C@@H](c3ccccc3)CN(S(=O)(=O)c3cccc(CN)c3)C2)CC1. The van der Waals surface area contributed by atoms with Gasteiger partial charge in [0, 0.05) is 45.8 Å². The van der Waals surface area contributed by atoms with Crippen LogP contribution in [0.15, 0.2) is 59.5 Å². The summed E-state index contributed by atoms with van der Waals surface area (Å²) in [5.74, 6) is -0.787. The van der Waals surface area contributed by atoms with Gasteiger partial charge < -0.3 is 10.6 Å². The van der Waals surface area contributed by atoms with Gasteiger partial charge in [-0.25, -0.2) is 16.8 Å². The molecule has 0 radical (unpaired) electrons. The van der Waals surface area contributed by atoms with Crippen molar-refractivity contribution in [3.05, 3.63) is 65.7 Å². The monoisotopic (exact) mass is 520 g/mol. The fourth-order valence-electron chi connectivity index (χ4n) is 4.88. The fourth-order valence-corrected chi connectivity index (χ4v) is 7.31. The van der Waals surface area contributed by atoms with Crippen molar-refractivity contribution in [1.82, 2.24) is 13.5 Å². The minimum Gasteiger partial charge on any atom is -0.340 e. The molecule has 11 heteroatoms. The molecular weight excluding hydrogens is 488 g/mol. The summed E-state index contributed by atoms with van der Waals surface area (Å²) in [5.41, 5.74) is 7.43. The molecule has 0 saturated carbocycles. The predicted octanol–water partition coefficient (Wildman–Crippen LogP) is 1.04. The van der Waals surface area contributed by atoms with Crippen LogP contribution < -0.4 is 5.73 Å². The Kier molecular flexibility index (Phi) is 7.62. The summed E-state index contributed by atoms with van der Waals surface area (Å²) in [6.45, 7) is 1.68. The first-order chi connectivity index (χ1) is 16.6. The number of nitrogens with zero attached hydrogens (tertiary/aromatic N) is 3. The molecule has 9 nitrogen and oxygen atoms in total. The van der Waals surface area contributed by atoms with Gasteiger partial charge >= 0.3 is 0 Å². The first-order valence-electron chi connectivity index (χ1n) is 11.7. The zero-order valence-corrected chi connectivity index (χ0v) is 21.4. The van der Waals surface area contributed by atoms with Gasteiger partial charge in [0.1, 0.15) is 0 Å². The number of amides is 1. The van der Waals surface area contributed by atoms with Crippen LogP contribution in [0.3, 0.4) is 0 Å². The molecule has 2 saturated heterocycles. The maximum Gasteiger partial charge on any atom is 0.243 e. The molecule has 2 aromatic rings. The Labute approximate surface area is 207 Å². The maximum absolute atomic E-state index is 13.6. The Balaban J connectivity index is 1.59. The van der Waals surface area contributed by atoms with Gasteiger partial charge in [0.15, 0.2) is 0 Å². The zero-order valence-electron chi connectivity index (χ0n) is 19.8. The Morgan fingerprint density at radius 2 is 1.60 bits per heavy atom. The van der Waals surface area contributed by atoms with Crippen molar-refractivity contribution in [3.63, 3.8) is 0 Å². The second-order valence-corrected chi connectivity index (χ2v) is 13.1. The van der Waals surface area contributed by atoms with Crippen molar-refractivity contribution in [3.8, 4) is 0 Å². The molecule has 2 N–H and O–H groups in total. The number of sulfonamides is 2. The lowest BCUT2D eigenvalue weighted by molar-refractivity contribution is -0.138. The molecule has 0 spiro atoms. The number of hydrogen-bond acceptors (Lipinski definition) is 6. The highest BCUT2D eigenvalue weighted by Crippen LogP contribution is 2.34. The van der Waals surface area contributed by atoms with Gasteiger partial charge in [0.25, 0.3) is 0 Å². The quantitative estimate of drug-likeness (QED) is 0.608. The molecule has 2 atom stereocenters. The van der Waals surface area contributed by atoms with E-state index < -0.39 is 26.0 Å². The molecule has 1 amide bonds. The van der Waals surface area contributed by atoms with Gasteiger partial charge in [-0.15, -0.1) is 0 Å². The Morgan fingerprint density at radius 1 is 0.914 bits per heavy atom. The van der Waals surface area contributed by atoms with Gasteiger partial charge in [-0.3, -0.25) is 4.79 Å². The highest BCUT2D eigenvalue weighted by Gasteiger charge is 2.40. The van der Waals surface area contributed by atoms with Crippen molar-refractivity contribution in [2.24, 2.45) is 11.7 Å². The normalized spacial score (nSPS) is 22.7. The maximum atomic E-state index is 13.6. The van der Waals surface area contributed by atoms with Gasteiger partial charge in [-0.05, 0) is 35.6 Å². The highest BCUT2D eigenvalue weighted by molar-refractivity contribution is 7.89. The molecule has 0 aliphatic carbocycles. The minimum atomic E-state index is -3.84. The van der Waals surface area contributed by atoms with Crippen LogP contribution in [0, 0.1) is 5.92 Å². The van der Waals surface area contributed by atoms with E-state index in [-0.39, 0.29) is 49.4 Å². The van der Waals surface area contributed by atoms with E-state index in [0.29, 0.717) is 19.5 Å². The Bertz CT molecular complexity index is 1260. The van der Waals surface area contributed by atoms with E-state index in [1.54, 1.807) is 29.2 Å². The number of hydrogen-bond donors (Lipinski definition) is 1. The summed E-state index contributed by atoms with van der Waals surface area (Å²) < 4.78 is 53.7. The smallest absolute Gasteiger partial charge is 0.243 e. The molecule has 2 aliphatic heterocycles. The van der Waals surface area contributed by atoms with E-state index in [2.05, 4.69) is 0 Å². The second kappa shape index (κ2) is 10.4. The predicted molar refractivity (Wildman–Crippen MR) is 133 cm³/mol. The first-order valence-corrected chi connectivity index (χ1v) is 15.0. The fraction of sp³-hybridized carbons (Fsp3) is 0.458. The summed E-state index contributed by atoms with van der Waals surface area (Å²) in [4.78, 5) is 15.4. The molecule has 190 valence electrons. The lowest BCUT2D eigenvalue weighted by Crippen LogP contribution is -2.54. The molecule has 2 heterocycles. The lowest BCUT2D eigenvalue weighted by Gasteiger charge is -2.40. The van der Waals surface area contributed by atoms with Crippen molar-refractivity contribution in [2.45, 2.75) is 23.8 Å². The molecule has 35 heavy (non-hydrogen) atoms. The van der Waals surface area contributed by atoms with Gasteiger partial charge in [-0.1, -0.05) is 42.5 Å². The summed E-state index contributed by atoms with van der Waals surface area (Å²) in [6.07, 6.45) is 1.70. The number of rotatable bonds is 6. The minimum absolute atomic E-state index is 0.0869. The largest absolute Gasteiger partial charge is 0.340 e. The van der Waals surface area contributed by atoms with Crippen LogP contribution in [0.25, 0.3) is 0 Å². The van der Waals surface area contributed by atoms with Crippen LogP contribution in [0.1, 0.15) is 23.5 Å². The summed E-state index contributed by atoms with van der Waals surface area (Å²) >= 11 is 0. The molecule has 0 unspecified atom stereocenters. The summed E-state index contributed by atoms with van der Waals surface area (Å²) in [7, 11) is -7.15. The van der Waals surface area contributed by atoms with Crippen molar-refractivity contribution < 1.29 is 21.6 Å². The Hall–Kier alpha value is -2.31. The molecule has 2 aliphatic rings. The van der Waals surface area contributed by atoms with Crippen LogP contribution in [0.5, 0.6) is 0 Å². The topological polar surface area (TPSA) is 121 Å². The number of carbonyl (C=O) groups is 1. The van der Waals surface area contributed by atoms with Crippen molar-refractivity contribution >= 4 is 26.0 Å². The summed E-state index contributed by atoms with van der Waals surface area (Å²) in [5, 5.41) is 0. The van der Waals surface area contributed by atoms with Crippen LogP contribution in [-0.4, -0.2) is 81.8 Å². The molecule has 4 rings (SSSR count). The van der Waals surface area contributed by atoms with E-state index in [9.17, 15) is 21.6 Å². The molecule has 2 aromatic carbocycles. The third-order valence-electron chi connectivity index (χ3n) is 6.83. The van der Waals surface area contributed by atoms with Gasteiger partial charge in [0.05, 0.1) is 17.1 Å². The van der Waals surface area contributed by atoms with Crippen molar-refractivity contribution in [2.75, 3.05) is 45.5 Å². The van der Waals surface area contributed by atoms with Crippen LogP contribution >= 0.6 is 0 Å². The highest BCUT2D eigenvalue weighted by atomic mass is 32.2. The van der Waals surface area contributed by atoms with E-state index in [1.807, 2.05) is 30.3 Å². The first kappa shape index (κ1) is 25.8. The number of piperidine rings is 1. The van der Waals surface area contributed by atoms with Crippen molar-refractivity contribution in [1.29, 1.82) is 0 Å². The van der Waals surface area contributed by atoms with E-state index in [0.717, 1.165) is 11.1 Å². The molecule has 0 aromatic heterocycles. The van der Waals surface area contributed by atoms with E-state index in [4.69, 9.17) is 5.73 Å². The van der Waals surface area contributed by atoms with Crippen LogP contribution in [-0.2, 0) is 31.4 Å². The zero-order chi connectivity index (χ0) is 25.2. The average molecular weight is 521 g/mol. The summed E-state index contributed by atoms with van der Waals surface area (Å²) in [6, 6.07) is 16.3. The number of nitrogens with two attached hydrogens (primary N) is 1. The lowest BCUT2D eigenvalue weighted by atomic mass is 9.85.